The molecule has 0 radical (unpaired) electrons. The van der Waals surface area contributed by atoms with Gasteiger partial charge in [0.1, 0.15) is 0 Å². The number of hydrogen-bond acceptors (Lipinski definition) is 1. The first-order chi connectivity index (χ1) is 5.86. The van der Waals surface area contributed by atoms with Gasteiger partial charge in [-0.15, -0.1) is 0 Å². The first kappa shape index (κ1) is 6.64. The van der Waals surface area contributed by atoms with Gasteiger partial charge in [0.15, 0.2) is 5.78 Å². The molecule has 1 saturated carbocycles. The summed E-state index contributed by atoms with van der Waals surface area (Å²) >= 11 is 0. The molecule has 4 atom stereocenters. The van der Waals surface area contributed by atoms with Crippen LogP contribution in [0.2, 0.25) is 0 Å². The smallest absolute Gasteiger partial charge is 0.159 e. The minimum absolute atomic E-state index is 0.352. The van der Waals surface area contributed by atoms with Crippen LogP contribution in [0.4, 0.5) is 0 Å². The fraction of sp³-hybridized carbons (Fsp3) is 0.545. The normalized spacial score (nSPS) is 48.5. The molecule has 1 heteroatoms. The summed E-state index contributed by atoms with van der Waals surface area (Å²) in [6.07, 6.45) is 10.8. The summed E-state index contributed by atoms with van der Waals surface area (Å²) in [5.74, 6) is 2.68. The third-order valence-corrected chi connectivity index (χ3v) is 3.64. The van der Waals surface area contributed by atoms with Crippen molar-refractivity contribution in [3.8, 4) is 0 Å². The van der Waals surface area contributed by atoms with Crippen molar-refractivity contribution in [1.82, 2.24) is 0 Å². The topological polar surface area (TPSA) is 17.1 Å². The first-order valence-corrected chi connectivity index (χ1v) is 4.75. The quantitative estimate of drug-likeness (QED) is 0.495. The van der Waals surface area contributed by atoms with Crippen molar-refractivity contribution in [3.63, 3.8) is 0 Å². The fourth-order valence-electron chi connectivity index (χ4n) is 3.12. The molecule has 0 amide bonds. The van der Waals surface area contributed by atoms with E-state index in [2.05, 4.69) is 18.2 Å². The SMILES string of the molecule is O=C1C=CC[C@@H]2[C@@H]1[C@@H]1C=C[C@H]2C1. The van der Waals surface area contributed by atoms with Gasteiger partial charge in [0.05, 0.1) is 0 Å². The molecule has 0 aromatic carbocycles. The predicted molar refractivity (Wildman–Crippen MR) is 46.5 cm³/mol. The van der Waals surface area contributed by atoms with Gasteiger partial charge in [0.25, 0.3) is 0 Å². The zero-order valence-electron chi connectivity index (χ0n) is 6.94. The molecule has 0 heterocycles. The van der Waals surface area contributed by atoms with Gasteiger partial charge in [0.2, 0.25) is 0 Å². The molecule has 0 N–H and O–H groups in total. The minimum Gasteiger partial charge on any atom is -0.295 e. The van der Waals surface area contributed by atoms with E-state index in [1.807, 2.05) is 0 Å². The Kier molecular flexibility index (Phi) is 1.16. The van der Waals surface area contributed by atoms with Gasteiger partial charge >= 0.3 is 0 Å². The number of hydrogen-bond donors (Lipinski definition) is 0. The zero-order valence-corrected chi connectivity index (χ0v) is 6.94. The second kappa shape index (κ2) is 2.09. The van der Waals surface area contributed by atoms with Gasteiger partial charge in [-0.1, -0.05) is 18.2 Å². The van der Waals surface area contributed by atoms with Crippen LogP contribution in [-0.4, -0.2) is 5.78 Å². The summed E-state index contributed by atoms with van der Waals surface area (Å²) in [4.78, 5) is 11.5. The molecule has 3 aliphatic carbocycles. The van der Waals surface area contributed by atoms with Crippen LogP contribution in [0.5, 0.6) is 0 Å². The van der Waals surface area contributed by atoms with Gasteiger partial charge in [-0.3, -0.25) is 4.79 Å². The number of ketones is 1. The Morgan fingerprint density at radius 1 is 1.25 bits per heavy atom. The Bertz CT molecular complexity index is 287. The maximum absolute atomic E-state index is 11.5. The molecule has 62 valence electrons. The summed E-state index contributed by atoms with van der Waals surface area (Å²) in [5, 5.41) is 0. The summed E-state index contributed by atoms with van der Waals surface area (Å²) in [5.41, 5.74) is 0. The molecular formula is C11H12O. The van der Waals surface area contributed by atoms with Crippen molar-refractivity contribution in [2.45, 2.75) is 12.8 Å². The van der Waals surface area contributed by atoms with Gasteiger partial charge < -0.3 is 0 Å². The minimum atomic E-state index is 0.352. The van der Waals surface area contributed by atoms with Crippen LogP contribution < -0.4 is 0 Å². The van der Waals surface area contributed by atoms with Crippen molar-refractivity contribution in [2.24, 2.45) is 23.7 Å². The van der Waals surface area contributed by atoms with E-state index in [0.29, 0.717) is 29.5 Å². The van der Waals surface area contributed by atoms with Gasteiger partial charge in [0, 0.05) is 5.92 Å². The zero-order chi connectivity index (χ0) is 8.13. The molecule has 1 fully saturated rings. The first-order valence-electron chi connectivity index (χ1n) is 4.75. The monoisotopic (exact) mass is 160 g/mol. The van der Waals surface area contributed by atoms with Crippen LogP contribution >= 0.6 is 0 Å². The average molecular weight is 160 g/mol. The molecule has 3 rings (SSSR count). The Hall–Kier alpha value is -0.850. The third kappa shape index (κ3) is 0.669. The lowest BCUT2D eigenvalue weighted by Gasteiger charge is -2.27. The Labute approximate surface area is 72.2 Å². The van der Waals surface area contributed by atoms with Gasteiger partial charge in [-0.05, 0) is 36.7 Å². The fourth-order valence-corrected chi connectivity index (χ4v) is 3.12. The van der Waals surface area contributed by atoms with Crippen LogP contribution in [0.25, 0.3) is 0 Å². The van der Waals surface area contributed by atoms with Crippen LogP contribution in [0, 0.1) is 23.7 Å². The molecule has 0 spiro atoms. The Morgan fingerprint density at radius 3 is 2.92 bits per heavy atom. The average Bonchev–Trinajstić information content (AvgIpc) is 2.64. The van der Waals surface area contributed by atoms with Crippen molar-refractivity contribution in [2.75, 3.05) is 0 Å². The van der Waals surface area contributed by atoms with Crippen LogP contribution in [-0.2, 0) is 4.79 Å². The van der Waals surface area contributed by atoms with Crippen LogP contribution in [0.3, 0.4) is 0 Å². The largest absolute Gasteiger partial charge is 0.295 e. The highest BCUT2D eigenvalue weighted by molar-refractivity contribution is 5.93. The van der Waals surface area contributed by atoms with Gasteiger partial charge in [-0.25, -0.2) is 0 Å². The van der Waals surface area contributed by atoms with E-state index in [1.54, 1.807) is 6.08 Å². The maximum Gasteiger partial charge on any atom is 0.159 e. The van der Waals surface area contributed by atoms with Gasteiger partial charge in [-0.2, -0.15) is 0 Å². The number of carbonyl (C=O) groups is 1. The molecule has 0 unspecified atom stereocenters. The van der Waals surface area contributed by atoms with E-state index in [-0.39, 0.29) is 0 Å². The lowest BCUT2D eigenvalue weighted by atomic mass is 9.76. The predicted octanol–water partition coefficient (Wildman–Crippen LogP) is 1.95. The van der Waals surface area contributed by atoms with E-state index < -0.39 is 0 Å². The van der Waals surface area contributed by atoms with Crippen LogP contribution in [0.15, 0.2) is 24.3 Å². The lowest BCUT2D eigenvalue weighted by Crippen LogP contribution is -2.28. The van der Waals surface area contributed by atoms with E-state index in [9.17, 15) is 4.79 Å². The molecule has 12 heavy (non-hydrogen) atoms. The standard InChI is InChI=1S/C11H12O/c12-10-3-1-2-9-7-4-5-8(6-7)11(9)10/h1,3-5,7-9,11H,2,6H2/t7-,8+,9-,11-/m0/s1. The van der Waals surface area contributed by atoms with E-state index in [1.165, 1.54) is 6.42 Å². The van der Waals surface area contributed by atoms with E-state index >= 15 is 0 Å². The molecule has 0 saturated heterocycles. The Morgan fingerprint density at radius 2 is 2.08 bits per heavy atom. The molecule has 1 nitrogen and oxygen atoms in total. The summed E-state index contributed by atoms with van der Waals surface area (Å²) in [6.45, 7) is 0. The summed E-state index contributed by atoms with van der Waals surface area (Å²) in [7, 11) is 0. The summed E-state index contributed by atoms with van der Waals surface area (Å²) in [6, 6.07) is 0. The number of rotatable bonds is 0. The second-order valence-electron chi connectivity index (χ2n) is 4.18. The van der Waals surface area contributed by atoms with Crippen molar-refractivity contribution < 1.29 is 4.79 Å². The highest BCUT2D eigenvalue weighted by atomic mass is 16.1. The number of allylic oxidation sites excluding steroid dienone is 4. The van der Waals surface area contributed by atoms with Crippen molar-refractivity contribution in [1.29, 1.82) is 0 Å². The molecule has 0 aromatic heterocycles. The highest BCUT2D eigenvalue weighted by Gasteiger charge is 2.47. The Balaban J connectivity index is 2.03. The highest BCUT2D eigenvalue weighted by Crippen LogP contribution is 2.51. The maximum atomic E-state index is 11.5. The van der Waals surface area contributed by atoms with E-state index in [4.69, 9.17) is 0 Å². The number of fused-ring (bicyclic) bond motifs is 5. The molecule has 2 bridgehead atoms. The molecule has 0 aliphatic heterocycles. The number of carbonyl (C=O) groups excluding carboxylic acids is 1. The van der Waals surface area contributed by atoms with Crippen LogP contribution in [0.1, 0.15) is 12.8 Å². The van der Waals surface area contributed by atoms with Crippen molar-refractivity contribution in [3.05, 3.63) is 24.3 Å². The summed E-state index contributed by atoms with van der Waals surface area (Å²) < 4.78 is 0. The second-order valence-corrected chi connectivity index (χ2v) is 4.18. The van der Waals surface area contributed by atoms with E-state index in [0.717, 1.165) is 6.42 Å². The van der Waals surface area contributed by atoms with Crippen molar-refractivity contribution >= 4 is 5.78 Å². The third-order valence-electron chi connectivity index (χ3n) is 3.64. The molecule has 0 aromatic rings. The molecule has 3 aliphatic rings. The molecular weight excluding hydrogens is 148 g/mol. The lowest BCUT2D eigenvalue weighted by molar-refractivity contribution is -0.120.